The van der Waals surface area contributed by atoms with Gasteiger partial charge in [0.1, 0.15) is 5.75 Å². The highest BCUT2D eigenvalue weighted by Gasteiger charge is 2.11. The van der Waals surface area contributed by atoms with Gasteiger partial charge in [-0.2, -0.15) is 4.68 Å². The van der Waals surface area contributed by atoms with Crippen LogP contribution in [0.3, 0.4) is 0 Å². The van der Waals surface area contributed by atoms with Gasteiger partial charge in [0.2, 0.25) is 11.1 Å². The molecule has 8 heteroatoms. The minimum absolute atomic E-state index is 0.165. The zero-order valence-electron chi connectivity index (χ0n) is 11.3. The van der Waals surface area contributed by atoms with E-state index in [1.54, 1.807) is 11.8 Å². The number of carbonyl (C=O) groups is 1. The first-order chi connectivity index (χ1) is 10.2. The minimum Gasteiger partial charge on any atom is -0.497 e. The van der Waals surface area contributed by atoms with E-state index in [1.165, 1.54) is 11.8 Å². The number of hydrogen-bond acceptors (Lipinski definition) is 6. The Morgan fingerprint density at radius 1 is 1.48 bits per heavy atom. The maximum absolute atomic E-state index is 11.5. The van der Waals surface area contributed by atoms with Crippen LogP contribution in [0.15, 0.2) is 29.4 Å². The van der Waals surface area contributed by atoms with Gasteiger partial charge in [0.15, 0.2) is 0 Å². The first kappa shape index (κ1) is 14.9. The van der Waals surface area contributed by atoms with Crippen molar-refractivity contribution in [3.8, 4) is 23.8 Å². The van der Waals surface area contributed by atoms with Crippen LogP contribution in [0.4, 0.5) is 0 Å². The third kappa shape index (κ3) is 3.97. The summed E-state index contributed by atoms with van der Waals surface area (Å²) in [5.74, 6) is 3.11. The SMILES string of the molecule is C#CCNC(=O)CSc1nnnn1-c1ccc(OC)cc1. The molecule has 0 unspecified atom stereocenters. The van der Waals surface area contributed by atoms with Crippen molar-refractivity contribution >= 4 is 17.7 Å². The standard InChI is InChI=1S/C13H13N5O2S/c1-3-8-14-12(19)9-21-13-15-16-17-18(13)10-4-6-11(20-2)7-5-10/h1,4-7H,8-9H2,2H3,(H,14,19). The van der Waals surface area contributed by atoms with Crippen LogP contribution in [-0.4, -0.2) is 45.5 Å². The summed E-state index contributed by atoms with van der Waals surface area (Å²) in [6.07, 6.45) is 5.07. The summed E-state index contributed by atoms with van der Waals surface area (Å²) in [5.41, 5.74) is 0.785. The number of tetrazole rings is 1. The van der Waals surface area contributed by atoms with Crippen LogP contribution in [0, 0.1) is 12.3 Å². The van der Waals surface area contributed by atoms with E-state index in [-0.39, 0.29) is 18.2 Å². The van der Waals surface area contributed by atoms with Gasteiger partial charge < -0.3 is 10.1 Å². The molecule has 21 heavy (non-hydrogen) atoms. The highest BCUT2D eigenvalue weighted by atomic mass is 32.2. The molecule has 0 atom stereocenters. The summed E-state index contributed by atoms with van der Waals surface area (Å²) in [6.45, 7) is 0.211. The van der Waals surface area contributed by atoms with Crippen molar-refractivity contribution in [2.45, 2.75) is 5.16 Å². The van der Waals surface area contributed by atoms with E-state index >= 15 is 0 Å². The van der Waals surface area contributed by atoms with Crippen molar-refractivity contribution in [2.75, 3.05) is 19.4 Å². The molecule has 108 valence electrons. The third-order valence-electron chi connectivity index (χ3n) is 2.48. The number of thioether (sulfide) groups is 1. The first-order valence-electron chi connectivity index (χ1n) is 6.00. The summed E-state index contributed by atoms with van der Waals surface area (Å²) in [4.78, 5) is 11.5. The molecule has 1 N–H and O–H groups in total. The molecular formula is C13H13N5O2S. The highest BCUT2D eigenvalue weighted by molar-refractivity contribution is 7.99. The maximum atomic E-state index is 11.5. The lowest BCUT2D eigenvalue weighted by molar-refractivity contribution is -0.118. The molecule has 0 aliphatic carbocycles. The largest absolute Gasteiger partial charge is 0.497 e. The summed E-state index contributed by atoms with van der Waals surface area (Å²) in [5, 5.41) is 14.5. The maximum Gasteiger partial charge on any atom is 0.231 e. The summed E-state index contributed by atoms with van der Waals surface area (Å²) < 4.78 is 6.65. The minimum atomic E-state index is -0.165. The van der Waals surface area contributed by atoms with E-state index in [0.717, 1.165) is 11.4 Å². The fourth-order valence-corrected chi connectivity index (χ4v) is 2.21. The summed E-state index contributed by atoms with van der Waals surface area (Å²) in [6, 6.07) is 7.28. The average molecular weight is 303 g/mol. The number of benzene rings is 1. The van der Waals surface area contributed by atoms with Crippen LogP contribution in [0.1, 0.15) is 0 Å². The second kappa shape index (κ2) is 7.31. The van der Waals surface area contributed by atoms with Gasteiger partial charge in [-0.3, -0.25) is 4.79 Å². The molecule has 0 aliphatic heterocycles. The highest BCUT2D eigenvalue weighted by Crippen LogP contribution is 2.19. The Labute approximate surface area is 126 Å². The van der Waals surface area contributed by atoms with Crippen molar-refractivity contribution in [1.29, 1.82) is 0 Å². The Morgan fingerprint density at radius 3 is 2.90 bits per heavy atom. The smallest absolute Gasteiger partial charge is 0.231 e. The van der Waals surface area contributed by atoms with E-state index in [0.29, 0.717) is 5.16 Å². The fraction of sp³-hybridized carbons (Fsp3) is 0.231. The number of ether oxygens (including phenoxy) is 1. The van der Waals surface area contributed by atoms with Crippen molar-refractivity contribution < 1.29 is 9.53 Å². The van der Waals surface area contributed by atoms with Gasteiger partial charge in [0.25, 0.3) is 0 Å². The Kier molecular flexibility index (Phi) is 5.17. The average Bonchev–Trinajstić information content (AvgIpc) is 2.99. The molecule has 0 fully saturated rings. The molecule has 2 rings (SSSR count). The molecule has 1 aromatic carbocycles. The third-order valence-corrected chi connectivity index (χ3v) is 3.40. The van der Waals surface area contributed by atoms with E-state index in [2.05, 4.69) is 26.8 Å². The number of nitrogens with one attached hydrogen (secondary N) is 1. The molecule has 0 spiro atoms. The molecule has 1 amide bonds. The van der Waals surface area contributed by atoms with Crippen molar-refractivity contribution in [3.05, 3.63) is 24.3 Å². The Balaban J connectivity index is 2.04. The zero-order chi connectivity index (χ0) is 15.1. The zero-order valence-corrected chi connectivity index (χ0v) is 12.1. The fourth-order valence-electron chi connectivity index (χ4n) is 1.49. The number of nitrogens with zero attached hydrogens (tertiary/aromatic N) is 4. The van der Waals surface area contributed by atoms with Gasteiger partial charge in [-0.25, -0.2) is 0 Å². The van der Waals surface area contributed by atoms with Crippen LogP contribution in [-0.2, 0) is 4.79 Å². The van der Waals surface area contributed by atoms with E-state index in [9.17, 15) is 4.79 Å². The Hall–Kier alpha value is -2.53. The van der Waals surface area contributed by atoms with Crippen LogP contribution < -0.4 is 10.1 Å². The lowest BCUT2D eigenvalue weighted by atomic mass is 10.3. The van der Waals surface area contributed by atoms with Crippen LogP contribution >= 0.6 is 11.8 Å². The molecule has 7 nitrogen and oxygen atoms in total. The van der Waals surface area contributed by atoms with Gasteiger partial charge >= 0.3 is 0 Å². The predicted molar refractivity (Wildman–Crippen MR) is 78.3 cm³/mol. The molecule has 0 saturated heterocycles. The number of aromatic nitrogens is 4. The van der Waals surface area contributed by atoms with Crippen LogP contribution in [0.25, 0.3) is 5.69 Å². The molecule has 0 saturated carbocycles. The van der Waals surface area contributed by atoms with Gasteiger partial charge in [0.05, 0.1) is 25.1 Å². The normalized spacial score (nSPS) is 9.90. The molecule has 0 aliphatic rings. The van der Waals surface area contributed by atoms with Gasteiger partial charge in [-0.15, -0.1) is 11.5 Å². The monoisotopic (exact) mass is 303 g/mol. The van der Waals surface area contributed by atoms with E-state index in [1.807, 2.05) is 24.3 Å². The van der Waals surface area contributed by atoms with Crippen LogP contribution in [0.2, 0.25) is 0 Å². The Bertz CT molecular complexity index is 647. The quantitative estimate of drug-likeness (QED) is 0.618. The van der Waals surface area contributed by atoms with Crippen molar-refractivity contribution in [2.24, 2.45) is 0 Å². The van der Waals surface area contributed by atoms with Gasteiger partial charge in [0, 0.05) is 0 Å². The number of hydrogen-bond donors (Lipinski definition) is 1. The molecule has 0 bridgehead atoms. The van der Waals surface area contributed by atoms with E-state index < -0.39 is 0 Å². The second-order valence-corrected chi connectivity index (χ2v) is 4.78. The predicted octanol–water partition coefficient (Wildman–Crippen LogP) is 0.512. The molecular weight excluding hydrogens is 290 g/mol. The topological polar surface area (TPSA) is 81.9 Å². The number of amides is 1. The molecule has 1 aromatic heterocycles. The first-order valence-corrected chi connectivity index (χ1v) is 6.99. The number of methoxy groups -OCH3 is 1. The van der Waals surface area contributed by atoms with Gasteiger partial charge in [-0.05, 0) is 34.7 Å². The van der Waals surface area contributed by atoms with Crippen molar-refractivity contribution in [3.63, 3.8) is 0 Å². The molecule has 1 heterocycles. The number of terminal acetylenes is 1. The van der Waals surface area contributed by atoms with Gasteiger partial charge in [-0.1, -0.05) is 17.7 Å². The number of carbonyl (C=O) groups excluding carboxylic acids is 1. The molecule has 2 aromatic rings. The summed E-state index contributed by atoms with van der Waals surface area (Å²) in [7, 11) is 1.60. The molecule has 0 radical (unpaired) electrons. The van der Waals surface area contributed by atoms with Crippen molar-refractivity contribution in [1.82, 2.24) is 25.5 Å². The van der Waals surface area contributed by atoms with Crippen LogP contribution in [0.5, 0.6) is 5.75 Å². The lowest BCUT2D eigenvalue weighted by Crippen LogP contribution is -2.25. The second-order valence-electron chi connectivity index (χ2n) is 3.84. The lowest BCUT2D eigenvalue weighted by Gasteiger charge is -2.05. The van der Waals surface area contributed by atoms with E-state index in [4.69, 9.17) is 11.2 Å². The summed E-state index contributed by atoms with van der Waals surface area (Å²) >= 11 is 1.23. The number of rotatable bonds is 6. The Morgan fingerprint density at radius 2 is 2.24 bits per heavy atom.